The number of nitrogens with two attached hydrogens (primary N) is 1. The van der Waals surface area contributed by atoms with Gasteiger partial charge >= 0.3 is 0 Å². The van der Waals surface area contributed by atoms with Gasteiger partial charge in [-0.1, -0.05) is 0 Å². The van der Waals surface area contributed by atoms with Crippen molar-refractivity contribution in [1.82, 2.24) is 5.32 Å². The lowest BCUT2D eigenvalue weighted by atomic mass is 9.95. The van der Waals surface area contributed by atoms with Crippen LogP contribution >= 0.6 is 0 Å². The molecule has 1 aliphatic heterocycles. The Hall–Kier alpha value is -0.730. The number of aliphatic hydroxyl groups excluding tert-OH is 3. The van der Waals surface area contributed by atoms with Gasteiger partial charge in [-0.15, -0.1) is 0 Å². The van der Waals surface area contributed by atoms with E-state index in [4.69, 9.17) is 15.6 Å². The van der Waals surface area contributed by atoms with Crippen molar-refractivity contribution in [2.75, 3.05) is 6.61 Å². The molecule has 5 atom stereocenters. The van der Waals surface area contributed by atoms with E-state index in [1.807, 2.05) is 0 Å². The highest BCUT2D eigenvalue weighted by Crippen LogP contribution is 2.18. The van der Waals surface area contributed by atoms with Crippen LogP contribution in [0.15, 0.2) is 0 Å². The Labute approximate surface area is 86.8 Å². The molecule has 0 aromatic heterocycles. The minimum Gasteiger partial charge on any atom is -0.394 e. The normalized spacial score (nSPS) is 41.3. The molecule has 0 saturated carbocycles. The zero-order chi connectivity index (χ0) is 11.6. The first-order chi connectivity index (χ1) is 6.97. The average Bonchev–Trinajstić information content (AvgIpc) is 2.18. The van der Waals surface area contributed by atoms with E-state index >= 15 is 0 Å². The predicted octanol–water partition coefficient (Wildman–Crippen LogP) is -3.11. The van der Waals surface area contributed by atoms with E-state index in [9.17, 15) is 15.0 Å². The topological polar surface area (TPSA) is 125 Å². The van der Waals surface area contributed by atoms with Gasteiger partial charge in [0.15, 0.2) is 6.29 Å². The molecule has 7 nitrogen and oxygen atoms in total. The van der Waals surface area contributed by atoms with Crippen molar-refractivity contribution in [3.8, 4) is 0 Å². The highest BCUT2D eigenvalue weighted by atomic mass is 16.6. The fraction of sp³-hybridized carbons (Fsp3) is 0.875. The number of carbonyl (C=O) groups excluding carboxylic acids is 1. The largest absolute Gasteiger partial charge is 0.394 e. The lowest BCUT2D eigenvalue weighted by Gasteiger charge is -2.41. The molecule has 15 heavy (non-hydrogen) atoms. The van der Waals surface area contributed by atoms with E-state index in [2.05, 4.69) is 5.32 Å². The van der Waals surface area contributed by atoms with Crippen LogP contribution < -0.4 is 11.1 Å². The molecule has 1 amide bonds. The molecule has 1 fully saturated rings. The second-order valence-corrected chi connectivity index (χ2v) is 3.54. The summed E-state index contributed by atoms with van der Waals surface area (Å²) < 4.78 is 4.94. The van der Waals surface area contributed by atoms with Crippen molar-refractivity contribution in [2.45, 2.75) is 37.5 Å². The van der Waals surface area contributed by atoms with Crippen LogP contribution in [0, 0.1) is 0 Å². The van der Waals surface area contributed by atoms with Crippen molar-refractivity contribution in [3.05, 3.63) is 0 Å². The number of hydrogen-bond acceptors (Lipinski definition) is 6. The Morgan fingerprint density at radius 2 is 2.13 bits per heavy atom. The van der Waals surface area contributed by atoms with E-state index in [0.717, 1.165) is 0 Å². The van der Waals surface area contributed by atoms with Crippen LogP contribution in [-0.4, -0.2) is 58.4 Å². The summed E-state index contributed by atoms with van der Waals surface area (Å²) in [5.74, 6) is -0.371. The quantitative estimate of drug-likeness (QED) is 0.335. The third kappa shape index (κ3) is 2.64. The van der Waals surface area contributed by atoms with Crippen molar-refractivity contribution >= 4 is 5.91 Å². The van der Waals surface area contributed by atoms with Crippen molar-refractivity contribution in [2.24, 2.45) is 5.73 Å². The summed E-state index contributed by atoms with van der Waals surface area (Å²) in [5.41, 5.74) is 5.45. The predicted molar refractivity (Wildman–Crippen MR) is 49.6 cm³/mol. The first-order valence-corrected chi connectivity index (χ1v) is 4.62. The molecular formula is C8H16N2O5. The zero-order valence-electron chi connectivity index (χ0n) is 8.33. The highest BCUT2D eigenvalue weighted by molar-refractivity contribution is 5.73. The van der Waals surface area contributed by atoms with E-state index < -0.39 is 37.2 Å². The van der Waals surface area contributed by atoms with Crippen LogP contribution in [0.3, 0.4) is 0 Å². The summed E-state index contributed by atoms with van der Waals surface area (Å²) in [4.78, 5) is 10.8. The van der Waals surface area contributed by atoms with Crippen LogP contribution in [0.4, 0.5) is 0 Å². The first kappa shape index (κ1) is 12.3. The molecule has 6 N–H and O–H groups in total. The number of amides is 1. The molecule has 0 spiro atoms. The minimum absolute atomic E-state index is 0.371. The number of aliphatic hydroxyl groups is 3. The van der Waals surface area contributed by atoms with Crippen LogP contribution in [-0.2, 0) is 9.53 Å². The van der Waals surface area contributed by atoms with E-state index in [1.165, 1.54) is 6.92 Å². The van der Waals surface area contributed by atoms with Gasteiger partial charge in [0, 0.05) is 6.92 Å². The lowest BCUT2D eigenvalue weighted by Crippen LogP contribution is -2.66. The molecule has 1 rings (SSSR count). The van der Waals surface area contributed by atoms with Crippen LogP contribution in [0.5, 0.6) is 0 Å². The molecule has 1 aliphatic rings. The Morgan fingerprint density at radius 1 is 1.53 bits per heavy atom. The van der Waals surface area contributed by atoms with Gasteiger partial charge in [-0.05, 0) is 0 Å². The summed E-state index contributed by atoms with van der Waals surface area (Å²) in [6.45, 7) is 0.851. The standard InChI is InChI=1S/C8H16N2O5/c1-3(12)10-6-4(2-11)15-8(14)5(9)7(6)13/h4-8,11,13-14H,2,9H2,1H3,(H,10,12)/t4-,5-,6-,7-,8-/m1/s1. The molecule has 0 aromatic carbocycles. The second kappa shape index (κ2) is 4.86. The van der Waals surface area contributed by atoms with Gasteiger partial charge in [0.05, 0.1) is 24.8 Å². The minimum atomic E-state index is -1.35. The monoisotopic (exact) mass is 220 g/mol. The van der Waals surface area contributed by atoms with Gasteiger partial charge in [-0.3, -0.25) is 4.79 Å². The zero-order valence-corrected chi connectivity index (χ0v) is 8.33. The SMILES string of the molecule is CC(=O)N[C@H]1[C@H](O)[C@@H](N)[C@H](O)O[C@@H]1CO. The number of hydrogen-bond donors (Lipinski definition) is 5. The maximum Gasteiger partial charge on any atom is 0.217 e. The molecule has 0 aromatic rings. The maximum absolute atomic E-state index is 10.8. The number of nitrogens with one attached hydrogen (secondary N) is 1. The van der Waals surface area contributed by atoms with Gasteiger partial charge in [0.2, 0.25) is 5.91 Å². The summed E-state index contributed by atoms with van der Waals surface area (Å²) in [6.07, 6.45) is -3.37. The Kier molecular flexibility index (Phi) is 4.00. The van der Waals surface area contributed by atoms with Gasteiger partial charge in [-0.25, -0.2) is 0 Å². The Bertz CT molecular complexity index is 235. The fourth-order valence-corrected chi connectivity index (χ4v) is 1.55. The molecule has 88 valence electrons. The lowest BCUT2D eigenvalue weighted by molar-refractivity contribution is -0.220. The summed E-state index contributed by atoms with van der Waals surface area (Å²) in [5, 5.41) is 30.3. The van der Waals surface area contributed by atoms with E-state index in [1.54, 1.807) is 0 Å². The van der Waals surface area contributed by atoms with Crippen LogP contribution in [0.2, 0.25) is 0 Å². The summed E-state index contributed by atoms with van der Waals surface area (Å²) in [6, 6.07) is -1.82. The van der Waals surface area contributed by atoms with Crippen molar-refractivity contribution < 1.29 is 24.9 Å². The third-order valence-corrected chi connectivity index (χ3v) is 2.36. The van der Waals surface area contributed by atoms with Crippen LogP contribution in [0.25, 0.3) is 0 Å². The molecular weight excluding hydrogens is 204 g/mol. The van der Waals surface area contributed by atoms with Gasteiger partial charge in [-0.2, -0.15) is 0 Å². The van der Waals surface area contributed by atoms with Gasteiger partial charge in [0.1, 0.15) is 6.10 Å². The second-order valence-electron chi connectivity index (χ2n) is 3.54. The number of ether oxygens (including phenoxy) is 1. The number of rotatable bonds is 2. The van der Waals surface area contributed by atoms with E-state index in [-0.39, 0.29) is 5.91 Å². The Morgan fingerprint density at radius 3 is 2.60 bits per heavy atom. The highest BCUT2D eigenvalue weighted by Gasteiger charge is 2.42. The van der Waals surface area contributed by atoms with Crippen molar-refractivity contribution in [1.29, 1.82) is 0 Å². The molecule has 1 saturated heterocycles. The first-order valence-electron chi connectivity index (χ1n) is 4.62. The molecule has 1 heterocycles. The molecule has 0 aliphatic carbocycles. The third-order valence-electron chi connectivity index (χ3n) is 2.36. The summed E-state index contributed by atoms with van der Waals surface area (Å²) >= 11 is 0. The average molecular weight is 220 g/mol. The number of carbonyl (C=O) groups is 1. The summed E-state index contributed by atoms with van der Waals surface area (Å²) in [7, 11) is 0. The molecule has 7 heteroatoms. The molecule has 0 bridgehead atoms. The molecule has 0 unspecified atom stereocenters. The van der Waals surface area contributed by atoms with Gasteiger partial charge in [0.25, 0.3) is 0 Å². The van der Waals surface area contributed by atoms with Crippen molar-refractivity contribution in [3.63, 3.8) is 0 Å². The molecule has 0 radical (unpaired) electrons. The van der Waals surface area contributed by atoms with E-state index in [0.29, 0.717) is 0 Å². The maximum atomic E-state index is 10.8. The fourth-order valence-electron chi connectivity index (χ4n) is 1.55. The van der Waals surface area contributed by atoms with Gasteiger partial charge < -0.3 is 31.1 Å². The Balaban J connectivity index is 2.75. The van der Waals surface area contributed by atoms with Crippen LogP contribution in [0.1, 0.15) is 6.92 Å². The smallest absolute Gasteiger partial charge is 0.217 e.